The first-order valence-electron chi connectivity index (χ1n) is 4.35. The molecule has 0 aliphatic carbocycles. The van der Waals surface area contributed by atoms with Crippen LogP contribution >= 0.6 is 0 Å². The number of allylic oxidation sites excluding steroid dienone is 4. The third-order valence-electron chi connectivity index (χ3n) is 1.58. The van der Waals surface area contributed by atoms with E-state index in [2.05, 4.69) is 5.92 Å². The van der Waals surface area contributed by atoms with Gasteiger partial charge in [-0.15, -0.1) is 6.42 Å². The first-order chi connectivity index (χ1) is 6.60. The fraction of sp³-hybridized carbons (Fsp3) is 0.300. The maximum atomic E-state index is 10.4. The molecule has 76 valence electrons. The molecule has 14 heavy (non-hydrogen) atoms. The molecule has 0 aliphatic heterocycles. The van der Waals surface area contributed by atoms with Gasteiger partial charge in [-0.2, -0.15) is 0 Å². The number of carboxylic acids is 1. The van der Waals surface area contributed by atoms with Crippen LogP contribution in [0.15, 0.2) is 23.8 Å². The van der Waals surface area contributed by atoms with Crippen molar-refractivity contribution in [3.63, 3.8) is 0 Å². The summed E-state index contributed by atoms with van der Waals surface area (Å²) < 4.78 is 0. The van der Waals surface area contributed by atoms with Gasteiger partial charge in [-0.1, -0.05) is 18.1 Å². The number of aliphatic carboxylic acids is 1. The summed E-state index contributed by atoms with van der Waals surface area (Å²) in [6, 6.07) is 0.723. The van der Waals surface area contributed by atoms with Crippen molar-refractivity contribution in [1.82, 2.24) is 0 Å². The number of hydrogen-bond donors (Lipinski definition) is 2. The largest absolute Gasteiger partial charge is 0.481 e. The minimum absolute atomic E-state index is 0.0967. The van der Waals surface area contributed by atoms with E-state index in [0.717, 1.165) is 5.57 Å². The summed E-state index contributed by atoms with van der Waals surface area (Å²) in [4.78, 5) is 10.4. The number of hydrogen-bond acceptors (Lipinski definition) is 2. The molecular weight excluding hydrogens is 194 g/mol. The van der Waals surface area contributed by atoms with Crippen LogP contribution in [0.3, 0.4) is 0 Å². The van der Waals surface area contributed by atoms with E-state index in [1.807, 2.05) is 19.1 Å². The van der Waals surface area contributed by atoms with Crippen molar-refractivity contribution in [3.05, 3.63) is 23.8 Å². The highest BCUT2D eigenvalue weighted by atomic mass is 28.3. The van der Waals surface area contributed by atoms with Crippen LogP contribution in [-0.4, -0.2) is 20.0 Å². The zero-order valence-corrected chi connectivity index (χ0v) is 9.39. The average molecular weight is 209 g/mol. The van der Waals surface area contributed by atoms with Crippen molar-refractivity contribution in [1.29, 1.82) is 0 Å². The van der Waals surface area contributed by atoms with Crippen molar-refractivity contribution in [2.45, 2.75) is 19.0 Å². The molecule has 0 saturated carbocycles. The predicted octanol–water partition coefficient (Wildman–Crippen LogP) is 0.889. The topological polar surface area (TPSA) is 63.3 Å². The van der Waals surface area contributed by atoms with Gasteiger partial charge < -0.3 is 10.5 Å². The van der Waals surface area contributed by atoms with Crippen LogP contribution in [0.25, 0.3) is 0 Å². The van der Waals surface area contributed by atoms with E-state index in [4.69, 9.17) is 16.9 Å². The summed E-state index contributed by atoms with van der Waals surface area (Å²) in [5, 5.41) is 14.3. The van der Waals surface area contributed by atoms with Gasteiger partial charge in [0.05, 0.1) is 6.04 Å². The first kappa shape index (κ1) is 12.7. The Kier molecular flexibility index (Phi) is 6.46. The Bertz CT molecular complexity index is 289. The molecule has 0 radical (unpaired) electrons. The van der Waals surface area contributed by atoms with Gasteiger partial charge >= 0.3 is 5.97 Å². The lowest BCUT2D eigenvalue weighted by molar-refractivity contribution is -0.134. The Labute approximate surface area is 86.0 Å². The molecule has 0 aromatic heterocycles. The zero-order valence-electron chi connectivity index (χ0n) is 8.23. The molecule has 0 unspecified atom stereocenters. The van der Waals surface area contributed by atoms with Crippen LogP contribution < -0.4 is 5.40 Å². The number of rotatable bonds is 5. The molecule has 0 aromatic rings. The van der Waals surface area contributed by atoms with Crippen LogP contribution in [0.2, 0.25) is 12.1 Å². The van der Waals surface area contributed by atoms with Crippen molar-refractivity contribution in [2.24, 2.45) is 5.40 Å². The third kappa shape index (κ3) is 6.23. The molecule has 0 bridgehead atoms. The Morgan fingerprint density at radius 2 is 2.29 bits per heavy atom. The van der Waals surface area contributed by atoms with Crippen LogP contribution in [0.1, 0.15) is 6.92 Å². The van der Waals surface area contributed by atoms with Crippen LogP contribution in [-0.2, 0) is 4.79 Å². The molecule has 0 aromatic carbocycles. The van der Waals surface area contributed by atoms with Gasteiger partial charge in [0.25, 0.3) is 0 Å². The van der Waals surface area contributed by atoms with Gasteiger partial charge in [0.2, 0.25) is 0 Å². The second-order valence-corrected chi connectivity index (χ2v) is 5.28. The lowest BCUT2D eigenvalue weighted by atomic mass is 10.2. The summed E-state index contributed by atoms with van der Waals surface area (Å²) >= 11 is 0. The number of terminal acetylenes is 1. The van der Waals surface area contributed by atoms with E-state index in [1.165, 1.54) is 0 Å². The van der Waals surface area contributed by atoms with Gasteiger partial charge in [0.1, 0.15) is 8.96 Å². The highest BCUT2D eigenvalue weighted by Crippen LogP contribution is 2.07. The average Bonchev–Trinajstić information content (AvgIpc) is 2.03. The number of carbonyl (C=O) groups is 1. The Balaban J connectivity index is 4.25. The lowest BCUT2D eigenvalue weighted by Crippen LogP contribution is -2.28. The molecule has 0 heterocycles. The molecule has 0 amide bonds. The quantitative estimate of drug-likeness (QED) is 0.401. The van der Waals surface area contributed by atoms with E-state index in [-0.39, 0.29) is 6.04 Å². The molecule has 0 aliphatic rings. The van der Waals surface area contributed by atoms with Gasteiger partial charge in [-0.3, -0.25) is 4.79 Å². The van der Waals surface area contributed by atoms with Gasteiger partial charge in [-0.05, 0) is 24.6 Å². The van der Waals surface area contributed by atoms with E-state index in [9.17, 15) is 4.79 Å². The minimum Gasteiger partial charge on any atom is -0.481 e. The molecule has 0 fully saturated rings. The Morgan fingerprint density at radius 1 is 1.64 bits per heavy atom. The van der Waals surface area contributed by atoms with Crippen LogP contribution in [0, 0.1) is 12.3 Å². The molecule has 0 rings (SSSR count). The minimum atomic E-state index is -1.70. The van der Waals surface area contributed by atoms with Gasteiger partial charge in [-0.25, -0.2) is 0 Å². The van der Waals surface area contributed by atoms with Crippen molar-refractivity contribution >= 4 is 14.9 Å². The molecule has 3 nitrogen and oxygen atoms in total. The summed E-state index contributed by atoms with van der Waals surface area (Å²) in [6.07, 6.45) is 10.5. The van der Waals surface area contributed by atoms with E-state index in [0.29, 0.717) is 6.04 Å². The van der Waals surface area contributed by atoms with Crippen molar-refractivity contribution in [2.75, 3.05) is 0 Å². The zero-order chi connectivity index (χ0) is 11.0. The third-order valence-corrected chi connectivity index (χ3v) is 3.45. The number of nitrogens with two attached hydrogens (primary N) is 1. The van der Waals surface area contributed by atoms with Gasteiger partial charge in [0.15, 0.2) is 0 Å². The summed E-state index contributed by atoms with van der Waals surface area (Å²) in [7, 11) is -1.70. The monoisotopic (exact) mass is 209 g/mol. The number of carboxylic acid groups (broad SMARTS) is 1. The van der Waals surface area contributed by atoms with Gasteiger partial charge in [0, 0.05) is 0 Å². The fourth-order valence-electron chi connectivity index (χ4n) is 1.10. The standard InChI is InChI=1S/C10H15NO2Si/c1-3-5-9(6-4-2)7-14(11)8-10(12)13/h1,4-6,14H,7-8,11H2,2H3,(H,12,13)/b6-4-,9-5+/t14-/m0/s1. The molecule has 1 atom stereocenters. The SMILES string of the molecule is C#C/C=C(\C=C/C)C[Si@H](N)CC(=O)O. The van der Waals surface area contributed by atoms with Crippen LogP contribution in [0.5, 0.6) is 0 Å². The molecular formula is C10H15NO2Si. The highest BCUT2D eigenvalue weighted by molar-refractivity contribution is 6.59. The van der Waals surface area contributed by atoms with Crippen molar-refractivity contribution < 1.29 is 9.90 Å². The van der Waals surface area contributed by atoms with E-state index < -0.39 is 14.9 Å². The van der Waals surface area contributed by atoms with Crippen LogP contribution in [0.4, 0.5) is 0 Å². The van der Waals surface area contributed by atoms with Crippen molar-refractivity contribution in [3.8, 4) is 12.3 Å². The first-order valence-corrected chi connectivity index (χ1v) is 6.65. The Morgan fingerprint density at radius 3 is 2.71 bits per heavy atom. The normalized spacial score (nSPS) is 13.9. The molecule has 0 saturated heterocycles. The second kappa shape index (κ2) is 7.13. The maximum absolute atomic E-state index is 10.4. The summed E-state index contributed by atoms with van der Waals surface area (Å²) in [5.41, 5.74) is 0.940. The highest BCUT2D eigenvalue weighted by Gasteiger charge is 2.10. The smallest absolute Gasteiger partial charge is 0.301 e. The molecule has 0 spiro atoms. The molecule has 3 N–H and O–H groups in total. The lowest BCUT2D eigenvalue weighted by Gasteiger charge is -2.06. The predicted molar refractivity (Wildman–Crippen MR) is 60.3 cm³/mol. The Hall–Kier alpha value is -1.31. The second-order valence-electron chi connectivity index (χ2n) is 2.95. The summed E-state index contributed by atoms with van der Waals surface area (Å²) in [6.45, 7) is 1.88. The fourth-order valence-corrected chi connectivity index (χ4v) is 2.55. The van der Waals surface area contributed by atoms with E-state index >= 15 is 0 Å². The molecule has 4 heteroatoms. The summed E-state index contributed by atoms with van der Waals surface area (Å²) in [5.74, 6) is 1.59. The maximum Gasteiger partial charge on any atom is 0.301 e. The van der Waals surface area contributed by atoms with E-state index in [1.54, 1.807) is 6.08 Å².